The first-order valence-electron chi connectivity index (χ1n) is 5.43. The van der Waals surface area contributed by atoms with Crippen LogP contribution >= 0.6 is 11.6 Å². The topological polar surface area (TPSA) is 39.9 Å². The van der Waals surface area contributed by atoms with Gasteiger partial charge in [0.25, 0.3) is 0 Å². The van der Waals surface area contributed by atoms with E-state index < -0.39 is 0 Å². The fourth-order valence-electron chi connectivity index (χ4n) is 1.72. The van der Waals surface area contributed by atoms with Crippen molar-refractivity contribution in [2.45, 2.75) is 19.2 Å². The number of hydrogen-bond donors (Lipinski definition) is 0. The van der Waals surface area contributed by atoms with E-state index in [1.54, 1.807) is 7.11 Å². The van der Waals surface area contributed by atoms with Crippen molar-refractivity contribution in [3.63, 3.8) is 0 Å². The van der Waals surface area contributed by atoms with Crippen LogP contribution in [0.2, 0.25) is 0 Å². The average molecular weight is 252 g/mol. The second-order valence-corrected chi connectivity index (χ2v) is 3.82. The zero-order valence-electron chi connectivity index (χ0n) is 9.85. The molecular weight excluding hydrogens is 238 g/mol. The van der Waals surface area contributed by atoms with Crippen molar-refractivity contribution >= 4 is 11.6 Å². The molecule has 1 heterocycles. The van der Waals surface area contributed by atoms with Crippen LogP contribution in [-0.4, -0.2) is 21.9 Å². The third-order valence-electron chi connectivity index (χ3n) is 2.54. The van der Waals surface area contributed by atoms with Gasteiger partial charge >= 0.3 is 0 Å². The highest BCUT2D eigenvalue weighted by atomic mass is 35.5. The molecule has 0 aliphatic heterocycles. The van der Waals surface area contributed by atoms with Crippen LogP contribution in [0.3, 0.4) is 0 Å². The Bertz CT molecular complexity index is 489. The van der Waals surface area contributed by atoms with E-state index in [1.807, 2.05) is 35.8 Å². The molecule has 1 aromatic heterocycles. The number of halogens is 1. The number of ether oxygens (including phenoxy) is 1. The van der Waals surface area contributed by atoms with Crippen LogP contribution in [0.15, 0.2) is 24.3 Å². The minimum absolute atomic E-state index is 0.338. The number of rotatable bonds is 4. The van der Waals surface area contributed by atoms with Crippen LogP contribution in [-0.2, 0) is 12.3 Å². The van der Waals surface area contributed by atoms with Gasteiger partial charge in [-0.2, -0.15) is 0 Å². The van der Waals surface area contributed by atoms with Gasteiger partial charge in [-0.05, 0) is 12.1 Å². The van der Waals surface area contributed by atoms with E-state index in [-0.39, 0.29) is 0 Å². The quantitative estimate of drug-likeness (QED) is 0.784. The molecule has 0 fully saturated rings. The van der Waals surface area contributed by atoms with Gasteiger partial charge in [-0.15, -0.1) is 21.8 Å². The number of alkyl halides is 1. The van der Waals surface area contributed by atoms with E-state index in [0.717, 1.165) is 29.5 Å². The first-order valence-corrected chi connectivity index (χ1v) is 5.97. The highest BCUT2D eigenvalue weighted by Gasteiger charge is 2.11. The van der Waals surface area contributed by atoms with Gasteiger partial charge < -0.3 is 4.74 Å². The van der Waals surface area contributed by atoms with Crippen LogP contribution < -0.4 is 4.74 Å². The largest absolute Gasteiger partial charge is 0.497 e. The molecule has 0 aliphatic rings. The number of nitrogens with zero attached hydrogens (tertiary/aromatic N) is 3. The van der Waals surface area contributed by atoms with E-state index in [2.05, 4.69) is 10.2 Å². The molecule has 0 saturated heterocycles. The van der Waals surface area contributed by atoms with Crippen LogP contribution in [0.4, 0.5) is 0 Å². The van der Waals surface area contributed by atoms with Crippen LogP contribution in [0.1, 0.15) is 18.6 Å². The summed E-state index contributed by atoms with van der Waals surface area (Å²) in [6, 6.07) is 7.77. The zero-order valence-corrected chi connectivity index (χ0v) is 10.6. The molecule has 0 atom stereocenters. The second kappa shape index (κ2) is 5.19. The van der Waals surface area contributed by atoms with Crippen LogP contribution in [0.25, 0.3) is 5.69 Å². The molecule has 0 aliphatic carbocycles. The Labute approximate surface area is 105 Å². The first kappa shape index (κ1) is 11.9. The number of hydrogen-bond acceptors (Lipinski definition) is 3. The van der Waals surface area contributed by atoms with Crippen molar-refractivity contribution in [2.75, 3.05) is 7.11 Å². The smallest absolute Gasteiger partial charge is 0.152 e. The molecule has 2 rings (SSSR count). The van der Waals surface area contributed by atoms with Gasteiger partial charge in [0.05, 0.1) is 18.7 Å². The monoisotopic (exact) mass is 251 g/mol. The summed E-state index contributed by atoms with van der Waals surface area (Å²) in [6.45, 7) is 2.04. The number of aryl methyl sites for hydroxylation is 1. The van der Waals surface area contributed by atoms with Gasteiger partial charge in [-0.25, -0.2) is 0 Å². The fourth-order valence-corrected chi connectivity index (χ4v) is 1.89. The summed E-state index contributed by atoms with van der Waals surface area (Å²) >= 11 is 5.87. The van der Waals surface area contributed by atoms with Crippen LogP contribution in [0.5, 0.6) is 5.75 Å². The lowest BCUT2D eigenvalue weighted by Crippen LogP contribution is -2.03. The van der Waals surface area contributed by atoms with E-state index in [0.29, 0.717) is 5.88 Å². The molecule has 0 saturated carbocycles. The lowest BCUT2D eigenvalue weighted by Gasteiger charge is -2.09. The maximum atomic E-state index is 5.87. The molecular formula is C12H14ClN3O. The molecule has 17 heavy (non-hydrogen) atoms. The summed E-state index contributed by atoms with van der Waals surface area (Å²) in [4.78, 5) is 0. The SMILES string of the molecule is CCc1nnc(CCl)n1-c1cccc(OC)c1. The molecule has 0 bridgehead atoms. The molecule has 90 valence electrons. The third kappa shape index (κ3) is 2.26. The van der Waals surface area contributed by atoms with Gasteiger partial charge in [-0.3, -0.25) is 4.57 Å². The van der Waals surface area contributed by atoms with Gasteiger partial charge in [0.1, 0.15) is 11.6 Å². The molecule has 0 radical (unpaired) electrons. The Morgan fingerprint density at radius 1 is 1.29 bits per heavy atom. The van der Waals surface area contributed by atoms with Gasteiger partial charge in [0.15, 0.2) is 5.82 Å². The van der Waals surface area contributed by atoms with Crippen molar-refractivity contribution < 1.29 is 4.74 Å². The van der Waals surface area contributed by atoms with Crippen molar-refractivity contribution in [1.29, 1.82) is 0 Å². The minimum Gasteiger partial charge on any atom is -0.497 e. The standard InChI is InChI=1S/C12H14ClN3O/c1-3-11-14-15-12(8-13)16(11)9-5-4-6-10(7-9)17-2/h4-7H,3,8H2,1-2H3. The Morgan fingerprint density at radius 2 is 2.06 bits per heavy atom. The van der Waals surface area contributed by atoms with Gasteiger partial charge in [0.2, 0.25) is 0 Å². The van der Waals surface area contributed by atoms with Crippen molar-refractivity contribution in [3.8, 4) is 11.4 Å². The number of methoxy groups -OCH3 is 1. The highest BCUT2D eigenvalue weighted by molar-refractivity contribution is 6.16. The molecule has 0 unspecified atom stereocenters. The van der Waals surface area contributed by atoms with Gasteiger partial charge in [-0.1, -0.05) is 13.0 Å². The summed E-state index contributed by atoms with van der Waals surface area (Å²) in [5, 5.41) is 8.20. The molecule has 0 N–H and O–H groups in total. The predicted molar refractivity (Wildman–Crippen MR) is 66.8 cm³/mol. The Kier molecular flexibility index (Phi) is 3.64. The summed E-state index contributed by atoms with van der Waals surface area (Å²) in [5.41, 5.74) is 0.974. The molecule has 0 amide bonds. The zero-order chi connectivity index (χ0) is 12.3. The van der Waals surface area contributed by atoms with E-state index in [9.17, 15) is 0 Å². The average Bonchev–Trinajstić information content (AvgIpc) is 2.81. The van der Waals surface area contributed by atoms with E-state index in [4.69, 9.17) is 16.3 Å². The number of aromatic nitrogens is 3. The minimum atomic E-state index is 0.338. The predicted octanol–water partition coefficient (Wildman–Crippen LogP) is 2.58. The normalized spacial score (nSPS) is 10.5. The van der Waals surface area contributed by atoms with Crippen molar-refractivity contribution in [2.24, 2.45) is 0 Å². The molecule has 5 heteroatoms. The van der Waals surface area contributed by atoms with Gasteiger partial charge in [0, 0.05) is 12.5 Å². The van der Waals surface area contributed by atoms with E-state index >= 15 is 0 Å². The Morgan fingerprint density at radius 3 is 2.71 bits per heavy atom. The third-order valence-corrected chi connectivity index (χ3v) is 2.78. The number of benzene rings is 1. The fraction of sp³-hybridized carbons (Fsp3) is 0.333. The lowest BCUT2D eigenvalue weighted by atomic mass is 10.3. The second-order valence-electron chi connectivity index (χ2n) is 3.56. The summed E-state index contributed by atoms with van der Waals surface area (Å²) in [7, 11) is 1.65. The summed E-state index contributed by atoms with van der Waals surface area (Å²) < 4.78 is 7.18. The molecule has 4 nitrogen and oxygen atoms in total. The van der Waals surface area contributed by atoms with Crippen LogP contribution in [0, 0.1) is 0 Å². The summed E-state index contributed by atoms with van der Waals surface area (Å²) in [5.74, 6) is 2.79. The Hall–Kier alpha value is -1.55. The maximum Gasteiger partial charge on any atom is 0.152 e. The van der Waals surface area contributed by atoms with Crippen molar-refractivity contribution in [1.82, 2.24) is 14.8 Å². The lowest BCUT2D eigenvalue weighted by molar-refractivity contribution is 0.414. The first-order chi connectivity index (χ1) is 8.30. The molecule has 1 aromatic carbocycles. The molecule has 0 spiro atoms. The molecule has 2 aromatic rings. The van der Waals surface area contributed by atoms with E-state index in [1.165, 1.54) is 0 Å². The maximum absolute atomic E-state index is 5.87. The summed E-state index contributed by atoms with van der Waals surface area (Å²) in [6.07, 6.45) is 0.807. The Balaban J connectivity index is 2.53. The highest BCUT2D eigenvalue weighted by Crippen LogP contribution is 2.20. The van der Waals surface area contributed by atoms with Crippen molar-refractivity contribution in [3.05, 3.63) is 35.9 Å².